The molecule has 1 N–H and O–H groups in total. The minimum atomic E-state index is 0.998. The van der Waals surface area contributed by atoms with Crippen molar-refractivity contribution in [2.24, 2.45) is 0 Å². The smallest absolute Gasteiger partial charge is 0.0205 e. The van der Waals surface area contributed by atoms with E-state index in [4.69, 9.17) is 0 Å². The first-order chi connectivity index (χ1) is 7.36. The molecule has 0 unspecified atom stereocenters. The lowest BCUT2D eigenvalue weighted by Gasteiger charge is -2.05. The van der Waals surface area contributed by atoms with Crippen LogP contribution in [-0.2, 0) is 6.54 Å². The third kappa shape index (κ3) is 5.24. The lowest BCUT2D eigenvalue weighted by Crippen LogP contribution is -2.14. The van der Waals surface area contributed by atoms with Crippen LogP contribution in [0.25, 0.3) is 0 Å². The van der Waals surface area contributed by atoms with Crippen LogP contribution in [0.4, 0.5) is 0 Å². The van der Waals surface area contributed by atoms with E-state index in [-0.39, 0.29) is 0 Å². The molecule has 84 valence electrons. The van der Waals surface area contributed by atoms with Gasteiger partial charge >= 0.3 is 0 Å². The molecule has 1 rings (SSSR count). The molecule has 0 atom stereocenters. The summed E-state index contributed by atoms with van der Waals surface area (Å²) >= 11 is 1.79. The van der Waals surface area contributed by atoms with Crippen LogP contribution in [0.5, 0.6) is 0 Å². The van der Waals surface area contributed by atoms with Gasteiger partial charge in [0.15, 0.2) is 0 Å². The number of rotatable bonds is 7. The highest BCUT2D eigenvalue weighted by Crippen LogP contribution is 2.14. The Balaban J connectivity index is 2.20. The number of benzene rings is 1. The standard InChI is InChI=1S/C13H21NS/c1-3-4-5-10-14-11-12-6-8-13(15-2)9-7-12/h6-9,14H,3-5,10-11H2,1-2H3. The van der Waals surface area contributed by atoms with E-state index in [0.29, 0.717) is 0 Å². The minimum absolute atomic E-state index is 0.998. The van der Waals surface area contributed by atoms with Crippen LogP contribution >= 0.6 is 11.8 Å². The molecule has 0 saturated carbocycles. The Hall–Kier alpha value is -0.470. The van der Waals surface area contributed by atoms with Crippen LogP contribution in [0.1, 0.15) is 31.7 Å². The van der Waals surface area contributed by atoms with Crippen LogP contribution in [0, 0.1) is 0 Å². The minimum Gasteiger partial charge on any atom is -0.313 e. The van der Waals surface area contributed by atoms with Gasteiger partial charge in [-0.25, -0.2) is 0 Å². The van der Waals surface area contributed by atoms with Crippen molar-refractivity contribution >= 4 is 11.8 Å². The Morgan fingerprint density at radius 3 is 2.47 bits per heavy atom. The average Bonchev–Trinajstić information content (AvgIpc) is 2.30. The largest absolute Gasteiger partial charge is 0.313 e. The monoisotopic (exact) mass is 223 g/mol. The quantitative estimate of drug-likeness (QED) is 0.559. The van der Waals surface area contributed by atoms with Crippen LogP contribution in [0.3, 0.4) is 0 Å². The predicted octanol–water partition coefficient (Wildman–Crippen LogP) is 3.69. The fourth-order valence-corrected chi connectivity index (χ4v) is 1.88. The van der Waals surface area contributed by atoms with Crippen molar-refractivity contribution < 1.29 is 0 Å². The fraction of sp³-hybridized carbons (Fsp3) is 0.538. The van der Waals surface area contributed by atoms with Gasteiger partial charge in [0.2, 0.25) is 0 Å². The third-order valence-corrected chi connectivity index (χ3v) is 3.19. The second kappa shape index (κ2) is 7.77. The van der Waals surface area contributed by atoms with Gasteiger partial charge in [-0.2, -0.15) is 0 Å². The van der Waals surface area contributed by atoms with Crippen molar-refractivity contribution in [1.82, 2.24) is 5.32 Å². The summed E-state index contributed by atoms with van der Waals surface area (Å²) in [5.74, 6) is 0. The lowest BCUT2D eigenvalue weighted by molar-refractivity contribution is 0.616. The summed E-state index contributed by atoms with van der Waals surface area (Å²) in [5.41, 5.74) is 1.38. The summed E-state index contributed by atoms with van der Waals surface area (Å²) in [6, 6.07) is 8.79. The molecule has 0 bridgehead atoms. The highest BCUT2D eigenvalue weighted by atomic mass is 32.2. The number of nitrogens with one attached hydrogen (secondary N) is 1. The van der Waals surface area contributed by atoms with E-state index >= 15 is 0 Å². The first-order valence-electron chi connectivity index (χ1n) is 5.70. The highest BCUT2D eigenvalue weighted by Gasteiger charge is 1.93. The van der Waals surface area contributed by atoms with Crippen LogP contribution in [0.2, 0.25) is 0 Å². The van der Waals surface area contributed by atoms with Gasteiger partial charge in [0, 0.05) is 11.4 Å². The molecule has 0 spiro atoms. The van der Waals surface area contributed by atoms with Gasteiger partial charge in [-0.1, -0.05) is 31.9 Å². The summed E-state index contributed by atoms with van der Waals surface area (Å²) < 4.78 is 0. The number of unbranched alkanes of at least 4 members (excludes halogenated alkanes) is 2. The maximum absolute atomic E-state index is 3.47. The van der Waals surface area contributed by atoms with Gasteiger partial charge in [-0.15, -0.1) is 11.8 Å². The molecular weight excluding hydrogens is 202 g/mol. The van der Waals surface area contributed by atoms with Crippen molar-refractivity contribution in [1.29, 1.82) is 0 Å². The molecule has 0 amide bonds. The van der Waals surface area contributed by atoms with Crippen LogP contribution < -0.4 is 5.32 Å². The second-order valence-electron chi connectivity index (χ2n) is 3.73. The summed E-state index contributed by atoms with van der Waals surface area (Å²) in [5, 5.41) is 3.47. The molecule has 1 aromatic rings. The fourth-order valence-electron chi connectivity index (χ4n) is 1.48. The molecule has 1 aromatic carbocycles. The van der Waals surface area contributed by atoms with E-state index in [2.05, 4.69) is 42.8 Å². The molecule has 0 fully saturated rings. The van der Waals surface area contributed by atoms with Crippen molar-refractivity contribution in [3.63, 3.8) is 0 Å². The van der Waals surface area contributed by atoms with E-state index in [1.807, 2.05) is 0 Å². The molecule has 0 aromatic heterocycles. The van der Waals surface area contributed by atoms with Gasteiger partial charge in [0.1, 0.15) is 0 Å². The molecular formula is C13H21NS. The van der Waals surface area contributed by atoms with Gasteiger partial charge in [0.25, 0.3) is 0 Å². The van der Waals surface area contributed by atoms with Crippen molar-refractivity contribution in [3.8, 4) is 0 Å². The second-order valence-corrected chi connectivity index (χ2v) is 4.61. The molecule has 0 aliphatic rings. The number of thioether (sulfide) groups is 1. The molecule has 2 heteroatoms. The van der Waals surface area contributed by atoms with Crippen LogP contribution in [0.15, 0.2) is 29.2 Å². The van der Waals surface area contributed by atoms with Gasteiger partial charge in [-0.3, -0.25) is 0 Å². The van der Waals surface area contributed by atoms with E-state index in [9.17, 15) is 0 Å². The summed E-state index contributed by atoms with van der Waals surface area (Å²) in [4.78, 5) is 1.34. The van der Waals surface area contributed by atoms with Gasteiger partial charge in [-0.05, 0) is 36.9 Å². The zero-order chi connectivity index (χ0) is 10.9. The maximum atomic E-state index is 3.47. The maximum Gasteiger partial charge on any atom is 0.0205 e. The topological polar surface area (TPSA) is 12.0 Å². The highest BCUT2D eigenvalue weighted by molar-refractivity contribution is 7.98. The lowest BCUT2D eigenvalue weighted by atomic mass is 10.2. The Bertz CT molecular complexity index is 256. The number of hydrogen-bond donors (Lipinski definition) is 1. The summed E-state index contributed by atoms with van der Waals surface area (Å²) in [6.07, 6.45) is 6.03. The molecule has 0 heterocycles. The van der Waals surface area contributed by atoms with Crippen molar-refractivity contribution in [2.75, 3.05) is 12.8 Å². The van der Waals surface area contributed by atoms with Crippen molar-refractivity contribution in [3.05, 3.63) is 29.8 Å². The Morgan fingerprint density at radius 2 is 1.87 bits per heavy atom. The molecule has 0 aliphatic carbocycles. The normalized spacial score (nSPS) is 10.5. The third-order valence-electron chi connectivity index (χ3n) is 2.45. The van der Waals surface area contributed by atoms with E-state index in [1.165, 1.54) is 29.7 Å². The van der Waals surface area contributed by atoms with Gasteiger partial charge in [0.05, 0.1) is 0 Å². The zero-order valence-corrected chi connectivity index (χ0v) is 10.6. The summed E-state index contributed by atoms with van der Waals surface area (Å²) in [6.45, 7) is 4.37. The molecule has 15 heavy (non-hydrogen) atoms. The number of hydrogen-bond acceptors (Lipinski definition) is 2. The summed E-state index contributed by atoms with van der Waals surface area (Å²) in [7, 11) is 0. The Kier molecular flexibility index (Phi) is 6.53. The Morgan fingerprint density at radius 1 is 1.13 bits per heavy atom. The average molecular weight is 223 g/mol. The zero-order valence-electron chi connectivity index (χ0n) is 9.75. The van der Waals surface area contributed by atoms with Crippen molar-refractivity contribution in [2.45, 2.75) is 37.6 Å². The van der Waals surface area contributed by atoms with Gasteiger partial charge < -0.3 is 5.32 Å². The molecule has 0 saturated heterocycles. The van der Waals surface area contributed by atoms with E-state index in [0.717, 1.165) is 13.1 Å². The SMILES string of the molecule is CCCCCNCc1ccc(SC)cc1. The predicted molar refractivity (Wildman–Crippen MR) is 69.5 cm³/mol. The first-order valence-corrected chi connectivity index (χ1v) is 6.93. The molecule has 0 aliphatic heterocycles. The molecule has 0 radical (unpaired) electrons. The van der Waals surface area contributed by atoms with E-state index < -0.39 is 0 Å². The molecule has 1 nitrogen and oxygen atoms in total. The van der Waals surface area contributed by atoms with Crippen LogP contribution in [-0.4, -0.2) is 12.8 Å². The van der Waals surface area contributed by atoms with E-state index in [1.54, 1.807) is 11.8 Å². The first kappa shape index (κ1) is 12.6. The Labute approximate surface area is 97.7 Å².